The Kier molecular flexibility index (Phi) is 5.54. The van der Waals surface area contributed by atoms with E-state index < -0.39 is 4.92 Å². The molecule has 10 nitrogen and oxygen atoms in total. The van der Waals surface area contributed by atoms with Crippen LogP contribution >= 0.6 is 0 Å². The van der Waals surface area contributed by atoms with Gasteiger partial charge in [-0.1, -0.05) is 11.3 Å². The zero-order valence-corrected chi connectivity index (χ0v) is 16.4. The van der Waals surface area contributed by atoms with Gasteiger partial charge in [-0.15, -0.1) is 5.10 Å². The fraction of sp³-hybridized carbons (Fsp3) is 0.526. The number of piperazine rings is 1. The Morgan fingerprint density at radius 1 is 1.31 bits per heavy atom. The first-order chi connectivity index (χ1) is 14.0. The van der Waals surface area contributed by atoms with Crippen LogP contribution in [0, 0.1) is 17.0 Å². The van der Waals surface area contributed by atoms with Gasteiger partial charge in [0.05, 0.1) is 22.4 Å². The van der Waals surface area contributed by atoms with Crippen LogP contribution in [-0.4, -0.2) is 81.1 Å². The van der Waals surface area contributed by atoms with Gasteiger partial charge in [-0.25, -0.2) is 4.68 Å². The Morgan fingerprint density at radius 3 is 2.79 bits per heavy atom. The van der Waals surface area contributed by atoms with Crippen LogP contribution < -0.4 is 0 Å². The number of aromatic nitrogens is 3. The summed E-state index contributed by atoms with van der Waals surface area (Å²) in [6.45, 7) is 6.41. The van der Waals surface area contributed by atoms with E-state index in [-0.39, 0.29) is 17.3 Å². The quantitative estimate of drug-likeness (QED) is 0.552. The summed E-state index contributed by atoms with van der Waals surface area (Å²) in [6, 6.07) is 6.12. The lowest BCUT2D eigenvalue weighted by Crippen LogP contribution is -2.50. The molecule has 29 heavy (non-hydrogen) atoms. The van der Waals surface area contributed by atoms with E-state index in [0.717, 1.165) is 39.1 Å². The minimum Gasteiger partial charge on any atom is -0.377 e. The van der Waals surface area contributed by atoms with Gasteiger partial charge in [0.25, 0.3) is 11.6 Å². The molecule has 2 aliphatic rings. The monoisotopic (exact) mass is 400 g/mol. The maximum Gasteiger partial charge on any atom is 0.276 e. The fourth-order valence-electron chi connectivity index (χ4n) is 3.87. The Hall–Kier alpha value is -2.85. The van der Waals surface area contributed by atoms with Crippen molar-refractivity contribution in [1.29, 1.82) is 0 Å². The van der Waals surface area contributed by atoms with Crippen molar-refractivity contribution in [3.8, 4) is 5.69 Å². The van der Waals surface area contributed by atoms with Crippen molar-refractivity contribution in [2.45, 2.75) is 25.9 Å². The molecule has 2 saturated heterocycles. The number of hydrogen-bond donors (Lipinski definition) is 0. The third kappa shape index (κ3) is 4.13. The average Bonchev–Trinajstić information content (AvgIpc) is 3.38. The summed E-state index contributed by atoms with van der Waals surface area (Å²) >= 11 is 0. The van der Waals surface area contributed by atoms with Crippen LogP contribution in [0.15, 0.2) is 24.3 Å². The Balaban J connectivity index is 1.42. The summed E-state index contributed by atoms with van der Waals surface area (Å²) in [5, 5.41) is 19.1. The van der Waals surface area contributed by atoms with Crippen LogP contribution in [0.2, 0.25) is 0 Å². The molecule has 2 fully saturated rings. The van der Waals surface area contributed by atoms with E-state index >= 15 is 0 Å². The molecule has 1 unspecified atom stereocenters. The van der Waals surface area contributed by atoms with E-state index in [2.05, 4.69) is 15.2 Å². The van der Waals surface area contributed by atoms with Crippen molar-refractivity contribution in [2.24, 2.45) is 0 Å². The van der Waals surface area contributed by atoms with Gasteiger partial charge < -0.3 is 9.64 Å². The molecule has 1 amide bonds. The van der Waals surface area contributed by atoms with Crippen LogP contribution in [0.1, 0.15) is 29.0 Å². The topological polar surface area (TPSA) is 107 Å². The highest BCUT2D eigenvalue weighted by Gasteiger charge is 2.28. The minimum atomic E-state index is -0.460. The molecule has 0 N–H and O–H groups in total. The van der Waals surface area contributed by atoms with Crippen molar-refractivity contribution in [2.75, 3.05) is 39.3 Å². The highest BCUT2D eigenvalue weighted by molar-refractivity contribution is 5.93. The van der Waals surface area contributed by atoms with Crippen molar-refractivity contribution < 1.29 is 14.5 Å². The van der Waals surface area contributed by atoms with Gasteiger partial charge in [-0.05, 0) is 25.8 Å². The number of hydrogen-bond acceptors (Lipinski definition) is 7. The third-order valence-corrected chi connectivity index (χ3v) is 5.53. The summed E-state index contributed by atoms with van der Waals surface area (Å²) in [6.07, 6.45) is 2.55. The van der Waals surface area contributed by atoms with Crippen molar-refractivity contribution in [3.63, 3.8) is 0 Å². The van der Waals surface area contributed by atoms with E-state index in [4.69, 9.17) is 4.74 Å². The second-order valence-electron chi connectivity index (χ2n) is 7.44. The van der Waals surface area contributed by atoms with E-state index in [1.54, 1.807) is 24.0 Å². The van der Waals surface area contributed by atoms with Gasteiger partial charge in [0.1, 0.15) is 0 Å². The fourth-order valence-corrected chi connectivity index (χ4v) is 3.87. The lowest BCUT2D eigenvalue weighted by Gasteiger charge is -2.35. The van der Waals surface area contributed by atoms with Crippen LogP contribution in [0.3, 0.4) is 0 Å². The molecule has 0 spiro atoms. The Bertz CT molecular complexity index is 900. The number of nitrogens with zero attached hydrogens (tertiary/aromatic N) is 6. The van der Waals surface area contributed by atoms with Crippen LogP contribution in [0.25, 0.3) is 5.69 Å². The van der Waals surface area contributed by atoms with E-state index in [9.17, 15) is 14.9 Å². The van der Waals surface area contributed by atoms with Gasteiger partial charge in [0.15, 0.2) is 5.69 Å². The van der Waals surface area contributed by atoms with E-state index in [1.165, 1.54) is 16.8 Å². The first kappa shape index (κ1) is 19.5. The molecule has 10 heteroatoms. The predicted octanol–water partition coefficient (Wildman–Crippen LogP) is 1.42. The summed E-state index contributed by atoms with van der Waals surface area (Å²) in [5.74, 6) is -0.157. The summed E-state index contributed by atoms with van der Waals surface area (Å²) in [4.78, 5) is 27.6. The molecule has 154 valence electrons. The van der Waals surface area contributed by atoms with Crippen molar-refractivity contribution in [1.82, 2.24) is 24.8 Å². The normalized spacial score (nSPS) is 20.2. The molecule has 0 saturated carbocycles. The zero-order valence-electron chi connectivity index (χ0n) is 16.4. The molecule has 1 aromatic carbocycles. The lowest BCUT2D eigenvalue weighted by atomic mass is 10.2. The van der Waals surface area contributed by atoms with Crippen molar-refractivity contribution in [3.05, 3.63) is 45.8 Å². The number of benzene rings is 1. The minimum absolute atomic E-state index is 0.0346. The Morgan fingerprint density at radius 2 is 2.10 bits per heavy atom. The number of nitro groups is 1. The highest BCUT2D eigenvalue weighted by atomic mass is 16.6. The maximum atomic E-state index is 13.0. The van der Waals surface area contributed by atoms with Crippen LogP contribution in [-0.2, 0) is 4.74 Å². The molecular formula is C19H24N6O4. The van der Waals surface area contributed by atoms with Gasteiger partial charge in [0.2, 0.25) is 0 Å². The number of amides is 1. The number of ether oxygens (including phenoxy) is 1. The predicted molar refractivity (Wildman–Crippen MR) is 104 cm³/mol. The zero-order chi connectivity index (χ0) is 20.4. The number of carbonyl (C=O) groups is 1. The van der Waals surface area contributed by atoms with E-state index in [1.807, 2.05) is 0 Å². The highest BCUT2D eigenvalue weighted by Crippen LogP contribution is 2.20. The molecule has 2 aromatic rings. The molecule has 0 bridgehead atoms. The summed E-state index contributed by atoms with van der Waals surface area (Å²) in [5.41, 5.74) is 1.32. The molecule has 3 heterocycles. The molecule has 4 rings (SSSR count). The van der Waals surface area contributed by atoms with E-state index in [0.29, 0.717) is 30.6 Å². The SMILES string of the molecule is Cc1c(C(=O)N2CCN(CC3CCCO3)CC2)nnn1-c1cccc([N+](=O)[O-])c1. The van der Waals surface area contributed by atoms with Gasteiger partial charge in [-0.3, -0.25) is 19.8 Å². The van der Waals surface area contributed by atoms with Gasteiger partial charge in [-0.2, -0.15) is 0 Å². The van der Waals surface area contributed by atoms with Crippen molar-refractivity contribution >= 4 is 11.6 Å². The molecule has 1 aromatic heterocycles. The average molecular weight is 400 g/mol. The lowest BCUT2D eigenvalue weighted by molar-refractivity contribution is -0.384. The number of carbonyl (C=O) groups excluding carboxylic acids is 1. The standard InChI is InChI=1S/C19H24N6O4/c1-14-18(20-21-24(14)15-4-2-5-16(12-15)25(27)28)19(26)23-9-7-22(8-10-23)13-17-6-3-11-29-17/h2,4-5,12,17H,3,6-11,13H2,1H3. The Labute approximate surface area is 168 Å². The second-order valence-corrected chi connectivity index (χ2v) is 7.44. The third-order valence-electron chi connectivity index (χ3n) is 5.53. The first-order valence-corrected chi connectivity index (χ1v) is 9.83. The second kappa shape index (κ2) is 8.26. The molecule has 1 atom stereocenters. The first-order valence-electron chi connectivity index (χ1n) is 9.83. The largest absolute Gasteiger partial charge is 0.377 e. The molecule has 0 aliphatic carbocycles. The van der Waals surface area contributed by atoms with Crippen LogP contribution in [0.5, 0.6) is 0 Å². The number of non-ortho nitro benzene ring substituents is 1. The van der Waals surface area contributed by atoms with Crippen LogP contribution in [0.4, 0.5) is 5.69 Å². The molecular weight excluding hydrogens is 376 g/mol. The van der Waals surface area contributed by atoms with Gasteiger partial charge in [0, 0.05) is 51.5 Å². The number of rotatable bonds is 5. The maximum absolute atomic E-state index is 13.0. The number of nitro benzene ring substituents is 1. The van der Waals surface area contributed by atoms with Gasteiger partial charge >= 0.3 is 0 Å². The summed E-state index contributed by atoms with van der Waals surface area (Å²) in [7, 11) is 0. The molecule has 2 aliphatic heterocycles. The summed E-state index contributed by atoms with van der Waals surface area (Å²) < 4.78 is 7.16. The smallest absolute Gasteiger partial charge is 0.276 e. The molecule has 0 radical (unpaired) electrons.